The molecular weight excluding hydrogens is 383 g/mol. The van der Waals surface area contributed by atoms with Crippen LogP contribution < -0.4 is 11.2 Å². The fourth-order valence-corrected chi connectivity index (χ4v) is 3.44. The number of nitrogens with zero attached hydrogens (tertiary/aromatic N) is 4. The lowest BCUT2D eigenvalue weighted by molar-refractivity contribution is 0.623. The molecule has 0 fully saturated rings. The van der Waals surface area contributed by atoms with E-state index < -0.39 is 11.2 Å². The summed E-state index contributed by atoms with van der Waals surface area (Å²) in [5.41, 5.74) is 0.778. The summed E-state index contributed by atoms with van der Waals surface area (Å²) >= 11 is 6.09. The first kappa shape index (κ1) is 18.2. The van der Waals surface area contributed by atoms with Gasteiger partial charge >= 0.3 is 5.69 Å². The van der Waals surface area contributed by atoms with E-state index in [9.17, 15) is 14.0 Å². The Balaban J connectivity index is 2.00. The van der Waals surface area contributed by atoms with Gasteiger partial charge in [0, 0.05) is 18.1 Å². The van der Waals surface area contributed by atoms with Crippen LogP contribution in [0.2, 0.25) is 5.02 Å². The number of benzene rings is 2. The highest BCUT2D eigenvalue weighted by molar-refractivity contribution is 6.30. The summed E-state index contributed by atoms with van der Waals surface area (Å²) in [7, 11) is 0. The van der Waals surface area contributed by atoms with Crippen molar-refractivity contribution in [2.24, 2.45) is 0 Å². The van der Waals surface area contributed by atoms with Crippen molar-refractivity contribution in [3.8, 4) is 5.69 Å². The van der Waals surface area contributed by atoms with E-state index in [1.165, 1.54) is 23.0 Å². The van der Waals surface area contributed by atoms with Crippen molar-refractivity contribution in [1.82, 2.24) is 18.7 Å². The minimum Gasteiger partial charge on any atom is -0.320 e. The lowest BCUT2D eigenvalue weighted by Crippen LogP contribution is -2.39. The molecule has 0 amide bonds. The number of imidazole rings is 1. The van der Waals surface area contributed by atoms with E-state index in [1.54, 1.807) is 47.9 Å². The Hall–Kier alpha value is -3.19. The Bertz CT molecular complexity index is 1310. The van der Waals surface area contributed by atoms with Crippen molar-refractivity contribution in [3.05, 3.63) is 92.1 Å². The number of halogens is 2. The molecule has 0 bridgehead atoms. The number of aromatic nitrogens is 4. The van der Waals surface area contributed by atoms with Crippen molar-refractivity contribution in [1.29, 1.82) is 0 Å². The standard InChI is InChI=1S/C20H16ClFN4O2/c1-2-25-19(27)17-18(26(20(25)28)16-8-4-6-14(21)10-16)23-12-24(17)11-13-5-3-7-15(22)9-13/h3-10,12H,2,11H2,1H3. The van der Waals surface area contributed by atoms with Crippen LogP contribution in [0.15, 0.2) is 64.4 Å². The van der Waals surface area contributed by atoms with Gasteiger partial charge in [-0.05, 0) is 42.8 Å². The molecule has 0 saturated carbocycles. The third-order valence-electron chi connectivity index (χ3n) is 4.52. The van der Waals surface area contributed by atoms with Crippen molar-refractivity contribution >= 4 is 22.8 Å². The lowest BCUT2D eigenvalue weighted by atomic mass is 10.2. The Morgan fingerprint density at radius 3 is 2.61 bits per heavy atom. The molecule has 2 aromatic heterocycles. The maximum atomic E-state index is 13.5. The van der Waals surface area contributed by atoms with E-state index in [4.69, 9.17) is 11.6 Å². The van der Waals surface area contributed by atoms with Gasteiger partial charge in [-0.3, -0.25) is 9.36 Å². The van der Waals surface area contributed by atoms with Gasteiger partial charge in [0.05, 0.1) is 12.0 Å². The van der Waals surface area contributed by atoms with Gasteiger partial charge < -0.3 is 4.57 Å². The van der Waals surface area contributed by atoms with E-state index in [2.05, 4.69) is 4.98 Å². The molecule has 2 heterocycles. The molecule has 2 aromatic carbocycles. The molecule has 0 spiro atoms. The van der Waals surface area contributed by atoms with Gasteiger partial charge in [0.25, 0.3) is 5.56 Å². The fourth-order valence-electron chi connectivity index (χ4n) is 3.26. The molecule has 6 nitrogen and oxygen atoms in total. The SMILES string of the molecule is CCn1c(=O)c2c(ncn2Cc2cccc(F)c2)n(-c2cccc(Cl)c2)c1=O. The van der Waals surface area contributed by atoms with E-state index in [-0.39, 0.29) is 30.1 Å². The molecule has 0 radical (unpaired) electrons. The van der Waals surface area contributed by atoms with E-state index >= 15 is 0 Å². The summed E-state index contributed by atoms with van der Waals surface area (Å²) in [6, 6.07) is 12.9. The zero-order valence-corrected chi connectivity index (χ0v) is 15.7. The molecule has 28 heavy (non-hydrogen) atoms. The van der Waals surface area contributed by atoms with Gasteiger partial charge in [-0.2, -0.15) is 0 Å². The lowest BCUT2D eigenvalue weighted by Gasteiger charge is -2.12. The summed E-state index contributed by atoms with van der Waals surface area (Å²) in [4.78, 5) is 30.2. The second-order valence-corrected chi connectivity index (χ2v) is 6.76. The summed E-state index contributed by atoms with van der Waals surface area (Å²) in [5, 5.41) is 0.464. The van der Waals surface area contributed by atoms with Gasteiger partial charge in [-0.1, -0.05) is 29.8 Å². The molecule has 4 rings (SSSR count). The predicted octanol–water partition coefficient (Wildman–Crippen LogP) is 3.21. The van der Waals surface area contributed by atoms with E-state index in [1.807, 2.05) is 0 Å². The largest absolute Gasteiger partial charge is 0.337 e. The smallest absolute Gasteiger partial charge is 0.320 e. The average molecular weight is 399 g/mol. The molecule has 0 aliphatic rings. The summed E-state index contributed by atoms with van der Waals surface area (Å²) in [6.45, 7) is 2.19. The number of rotatable bonds is 4. The number of hydrogen-bond acceptors (Lipinski definition) is 3. The molecule has 0 N–H and O–H groups in total. The van der Waals surface area contributed by atoms with Crippen LogP contribution in [0.5, 0.6) is 0 Å². The van der Waals surface area contributed by atoms with Crippen LogP contribution in [0.3, 0.4) is 0 Å². The van der Waals surface area contributed by atoms with Crippen molar-refractivity contribution in [2.75, 3.05) is 0 Å². The van der Waals surface area contributed by atoms with E-state index in [0.29, 0.717) is 16.3 Å². The number of hydrogen-bond donors (Lipinski definition) is 0. The predicted molar refractivity (Wildman–Crippen MR) is 106 cm³/mol. The Kier molecular flexibility index (Phi) is 4.60. The van der Waals surface area contributed by atoms with Crippen LogP contribution in [0.25, 0.3) is 16.9 Å². The zero-order chi connectivity index (χ0) is 19.8. The zero-order valence-electron chi connectivity index (χ0n) is 15.0. The first-order chi connectivity index (χ1) is 13.5. The number of fused-ring (bicyclic) bond motifs is 1. The van der Waals surface area contributed by atoms with Crippen LogP contribution in [-0.4, -0.2) is 18.7 Å². The molecule has 0 aliphatic heterocycles. The van der Waals surface area contributed by atoms with Gasteiger partial charge in [-0.15, -0.1) is 0 Å². The molecule has 142 valence electrons. The van der Waals surface area contributed by atoms with Crippen LogP contribution in [0.4, 0.5) is 4.39 Å². The minimum absolute atomic E-state index is 0.208. The third kappa shape index (κ3) is 3.03. The highest BCUT2D eigenvalue weighted by atomic mass is 35.5. The molecule has 4 aromatic rings. The first-order valence-electron chi connectivity index (χ1n) is 8.70. The minimum atomic E-state index is -0.488. The summed E-state index contributed by atoms with van der Waals surface area (Å²) < 4.78 is 17.7. The molecule has 0 aliphatic carbocycles. The quantitative estimate of drug-likeness (QED) is 0.530. The topological polar surface area (TPSA) is 61.8 Å². The Labute approximate surface area is 164 Å². The maximum Gasteiger partial charge on any atom is 0.337 e. The first-order valence-corrected chi connectivity index (χ1v) is 9.08. The van der Waals surface area contributed by atoms with Crippen LogP contribution >= 0.6 is 11.6 Å². The molecule has 0 atom stereocenters. The second kappa shape index (κ2) is 7.09. The summed E-state index contributed by atoms with van der Waals surface area (Å²) in [5.74, 6) is -0.358. The van der Waals surface area contributed by atoms with Gasteiger partial charge in [0.15, 0.2) is 11.2 Å². The highest BCUT2D eigenvalue weighted by Crippen LogP contribution is 2.18. The molecular formula is C20H16ClFN4O2. The summed E-state index contributed by atoms with van der Waals surface area (Å²) in [6.07, 6.45) is 1.48. The van der Waals surface area contributed by atoms with Crippen LogP contribution in [0.1, 0.15) is 12.5 Å². The van der Waals surface area contributed by atoms with Crippen molar-refractivity contribution < 1.29 is 4.39 Å². The Morgan fingerprint density at radius 2 is 1.89 bits per heavy atom. The van der Waals surface area contributed by atoms with Gasteiger partial charge in [0.2, 0.25) is 0 Å². The normalized spacial score (nSPS) is 11.2. The van der Waals surface area contributed by atoms with E-state index in [0.717, 1.165) is 4.57 Å². The average Bonchev–Trinajstić information content (AvgIpc) is 3.06. The van der Waals surface area contributed by atoms with Crippen molar-refractivity contribution in [2.45, 2.75) is 20.0 Å². The molecule has 0 saturated heterocycles. The Morgan fingerprint density at radius 1 is 1.11 bits per heavy atom. The van der Waals surface area contributed by atoms with Crippen LogP contribution in [-0.2, 0) is 13.1 Å². The van der Waals surface area contributed by atoms with Gasteiger partial charge in [0.1, 0.15) is 5.82 Å². The molecule has 0 unspecified atom stereocenters. The fraction of sp³-hybridized carbons (Fsp3) is 0.150. The van der Waals surface area contributed by atoms with Crippen molar-refractivity contribution in [3.63, 3.8) is 0 Å². The monoisotopic (exact) mass is 398 g/mol. The highest BCUT2D eigenvalue weighted by Gasteiger charge is 2.18. The second-order valence-electron chi connectivity index (χ2n) is 6.32. The maximum absolute atomic E-state index is 13.5. The van der Waals surface area contributed by atoms with Crippen LogP contribution in [0, 0.1) is 5.82 Å². The van der Waals surface area contributed by atoms with Gasteiger partial charge in [-0.25, -0.2) is 18.7 Å². The molecule has 8 heteroatoms. The third-order valence-corrected chi connectivity index (χ3v) is 4.76.